The first kappa shape index (κ1) is 20.3. The minimum atomic E-state index is -1.31. The zero-order chi connectivity index (χ0) is 20.7. The van der Waals surface area contributed by atoms with Crippen LogP contribution in [0.5, 0.6) is 0 Å². The highest BCUT2D eigenvalue weighted by Gasteiger charge is 2.71. The summed E-state index contributed by atoms with van der Waals surface area (Å²) in [5.74, 6) is -2.30. The molecular formula is C21H26O7. The molecule has 0 spiro atoms. The quantitative estimate of drug-likeness (QED) is 0.430. The van der Waals surface area contributed by atoms with Gasteiger partial charge >= 0.3 is 17.9 Å². The maximum Gasteiger partial charge on any atom is 0.333 e. The van der Waals surface area contributed by atoms with Gasteiger partial charge in [0.25, 0.3) is 0 Å². The Kier molecular flexibility index (Phi) is 5.00. The maximum atomic E-state index is 13.1. The highest BCUT2D eigenvalue weighted by Crippen LogP contribution is 2.63. The number of esters is 2. The Hall–Kier alpha value is -2.41. The van der Waals surface area contributed by atoms with Crippen LogP contribution in [-0.4, -0.2) is 46.4 Å². The van der Waals surface area contributed by atoms with Crippen molar-refractivity contribution >= 4 is 17.9 Å². The van der Waals surface area contributed by atoms with Gasteiger partial charge in [-0.2, -0.15) is 0 Å². The lowest BCUT2D eigenvalue weighted by atomic mass is 9.62. The minimum Gasteiger partial charge on any atom is -0.478 e. The number of cyclic esters (lactones) is 1. The second-order valence-electron chi connectivity index (χ2n) is 8.11. The van der Waals surface area contributed by atoms with E-state index in [0.717, 1.165) is 0 Å². The number of aliphatic carboxylic acids is 1. The molecule has 1 aliphatic heterocycles. The summed E-state index contributed by atoms with van der Waals surface area (Å²) < 4.78 is 10.6. The first-order valence-corrected chi connectivity index (χ1v) is 9.42. The zero-order valence-corrected chi connectivity index (χ0v) is 16.4. The van der Waals surface area contributed by atoms with Crippen LogP contribution in [0.15, 0.2) is 35.5 Å². The maximum absolute atomic E-state index is 13.1. The fourth-order valence-corrected chi connectivity index (χ4v) is 5.01. The van der Waals surface area contributed by atoms with Gasteiger partial charge in [-0.3, -0.25) is 4.79 Å². The Bertz CT molecular complexity index is 808. The minimum absolute atomic E-state index is 0.155. The van der Waals surface area contributed by atoms with E-state index in [-0.39, 0.29) is 24.3 Å². The Morgan fingerprint density at radius 1 is 1.36 bits per heavy atom. The van der Waals surface area contributed by atoms with Crippen LogP contribution in [0.4, 0.5) is 0 Å². The third-order valence-corrected chi connectivity index (χ3v) is 6.69. The molecule has 3 rings (SSSR count). The molecule has 0 aromatic carbocycles. The Labute approximate surface area is 163 Å². The summed E-state index contributed by atoms with van der Waals surface area (Å²) in [7, 11) is 1.31. The number of rotatable bonds is 4. The molecule has 1 heterocycles. The van der Waals surface area contributed by atoms with E-state index in [1.54, 1.807) is 25.2 Å². The summed E-state index contributed by atoms with van der Waals surface area (Å²) in [6.45, 7) is 3.21. The molecule has 0 amide bonds. The van der Waals surface area contributed by atoms with Crippen molar-refractivity contribution in [2.24, 2.45) is 11.3 Å². The lowest BCUT2D eigenvalue weighted by Crippen LogP contribution is -2.63. The molecule has 2 fully saturated rings. The first-order chi connectivity index (χ1) is 13.1. The molecule has 1 saturated carbocycles. The van der Waals surface area contributed by atoms with Crippen molar-refractivity contribution < 1.29 is 34.1 Å². The molecule has 2 N–H and O–H groups in total. The Balaban J connectivity index is 1.95. The first-order valence-electron chi connectivity index (χ1n) is 9.42. The van der Waals surface area contributed by atoms with Crippen molar-refractivity contribution in [2.75, 3.05) is 7.11 Å². The molecule has 0 unspecified atom stereocenters. The second kappa shape index (κ2) is 6.88. The number of carboxylic acid groups (broad SMARTS) is 1. The normalized spacial score (nSPS) is 37.7. The van der Waals surface area contributed by atoms with Crippen molar-refractivity contribution in [3.8, 4) is 0 Å². The third-order valence-electron chi connectivity index (χ3n) is 6.69. The topological polar surface area (TPSA) is 110 Å². The predicted molar refractivity (Wildman–Crippen MR) is 99.1 cm³/mol. The summed E-state index contributed by atoms with van der Waals surface area (Å²) >= 11 is 0. The van der Waals surface area contributed by atoms with E-state index in [9.17, 15) is 19.5 Å². The summed E-state index contributed by atoms with van der Waals surface area (Å²) in [5.41, 5.74) is -2.80. The van der Waals surface area contributed by atoms with Crippen LogP contribution in [0, 0.1) is 11.3 Å². The average molecular weight is 390 g/mol. The van der Waals surface area contributed by atoms with Crippen LogP contribution in [0.1, 0.15) is 46.0 Å². The smallest absolute Gasteiger partial charge is 0.333 e. The van der Waals surface area contributed by atoms with Crippen LogP contribution in [-0.2, 0) is 23.9 Å². The molecule has 7 heteroatoms. The molecule has 7 nitrogen and oxygen atoms in total. The number of methoxy groups -OCH3 is 1. The van der Waals surface area contributed by atoms with Gasteiger partial charge < -0.3 is 19.7 Å². The van der Waals surface area contributed by atoms with Crippen LogP contribution in [0.25, 0.3) is 0 Å². The molecule has 28 heavy (non-hydrogen) atoms. The fourth-order valence-electron chi connectivity index (χ4n) is 5.01. The van der Waals surface area contributed by atoms with E-state index in [0.29, 0.717) is 24.8 Å². The number of aliphatic hydroxyl groups is 1. The molecule has 152 valence electrons. The van der Waals surface area contributed by atoms with E-state index < -0.39 is 34.5 Å². The molecular weight excluding hydrogens is 364 g/mol. The van der Waals surface area contributed by atoms with Gasteiger partial charge in [0.15, 0.2) is 0 Å². The number of carbonyl (C=O) groups is 3. The highest BCUT2D eigenvalue weighted by atomic mass is 16.6. The van der Waals surface area contributed by atoms with Crippen molar-refractivity contribution in [1.82, 2.24) is 0 Å². The van der Waals surface area contributed by atoms with E-state index in [1.165, 1.54) is 20.1 Å². The van der Waals surface area contributed by atoms with Crippen molar-refractivity contribution in [2.45, 2.75) is 57.2 Å². The fraction of sp³-hybridized carbons (Fsp3) is 0.571. The molecule has 1 saturated heterocycles. The number of carboxylic acids is 1. The van der Waals surface area contributed by atoms with Gasteiger partial charge in [-0.05, 0) is 52.0 Å². The lowest BCUT2D eigenvalue weighted by molar-refractivity contribution is -0.224. The second-order valence-corrected chi connectivity index (χ2v) is 8.11. The molecule has 0 aromatic rings. The van der Waals surface area contributed by atoms with Crippen molar-refractivity contribution in [3.05, 3.63) is 35.5 Å². The van der Waals surface area contributed by atoms with Gasteiger partial charge in [-0.1, -0.05) is 18.2 Å². The van der Waals surface area contributed by atoms with Gasteiger partial charge in [-0.25, -0.2) is 9.59 Å². The third kappa shape index (κ3) is 2.89. The number of allylic oxidation sites excluding steroid dienone is 3. The Morgan fingerprint density at radius 2 is 2.07 bits per heavy atom. The van der Waals surface area contributed by atoms with Crippen LogP contribution >= 0.6 is 0 Å². The van der Waals surface area contributed by atoms with Gasteiger partial charge in [0.2, 0.25) is 0 Å². The van der Waals surface area contributed by atoms with Gasteiger partial charge in [0.05, 0.1) is 12.7 Å². The van der Waals surface area contributed by atoms with E-state index in [4.69, 9.17) is 14.6 Å². The average Bonchev–Trinajstić information content (AvgIpc) is 2.77. The van der Waals surface area contributed by atoms with Gasteiger partial charge in [-0.15, -0.1) is 0 Å². The molecule has 2 aliphatic carbocycles. The molecule has 3 aliphatic rings. The summed E-state index contributed by atoms with van der Waals surface area (Å²) in [4.78, 5) is 36.0. The van der Waals surface area contributed by atoms with E-state index in [2.05, 4.69) is 0 Å². The molecule has 2 bridgehead atoms. The largest absolute Gasteiger partial charge is 0.478 e. The number of hydrogen-bond acceptors (Lipinski definition) is 6. The van der Waals surface area contributed by atoms with Gasteiger partial charge in [0.1, 0.15) is 11.0 Å². The highest BCUT2D eigenvalue weighted by molar-refractivity contribution is 5.89. The summed E-state index contributed by atoms with van der Waals surface area (Å²) in [6.07, 6.45) is 8.25. The standard InChI is InChI=1S/C21H26O7/c1-13(16(22)23)5-4-9-19(2)15-8-11-20(18(25)28-19)10-6-14(17(24)27-3)7-12-21(15,20)26/h4-6,9,15,26H,7-8,10-12H2,1-3H3,(H,22,23)/b9-4+,13-5+/t15-,19+,20+,21-/m1/s1. The number of ether oxygens (including phenoxy) is 2. The molecule has 4 atom stereocenters. The van der Waals surface area contributed by atoms with Gasteiger partial charge in [0, 0.05) is 17.1 Å². The van der Waals surface area contributed by atoms with E-state index >= 15 is 0 Å². The van der Waals surface area contributed by atoms with Crippen LogP contribution < -0.4 is 0 Å². The molecule has 0 aromatic heterocycles. The van der Waals surface area contributed by atoms with E-state index in [1.807, 2.05) is 0 Å². The number of carbonyl (C=O) groups excluding carboxylic acids is 2. The zero-order valence-electron chi connectivity index (χ0n) is 16.4. The predicted octanol–water partition coefficient (Wildman–Crippen LogP) is 2.30. The van der Waals surface area contributed by atoms with Crippen LogP contribution in [0.3, 0.4) is 0 Å². The Morgan fingerprint density at radius 3 is 2.71 bits per heavy atom. The number of hydrogen-bond donors (Lipinski definition) is 2. The summed E-state index contributed by atoms with van der Waals surface area (Å²) in [5, 5.41) is 20.7. The van der Waals surface area contributed by atoms with Crippen LogP contribution in [0.2, 0.25) is 0 Å². The van der Waals surface area contributed by atoms with Crippen molar-refractivity contribution in [1.29, 1.82) is 0 Å². The summed E-state index contributed by atoms with van der Waals surface area (Å²) in [6, 6.07) is 0. The molecule has 0 radical (unpaired) electrons. The van der Waals surface area contributed by atoms with Crippen molar-refractivity contribution in [3.63, 3.8) is 0 Å². The monoisotopic (exact) mass is 390 g/mol. The SMILES string of the molecule is COC(=O)C1=CC[C@@]23CC[C@@H]([C@]2(O)CC1)[C@](C)(/C=C/C=C(\C)C(=O)O)OC3=O. The lowest BCUT2D eigenvalue weighted by Gasteiger charge is -2.52.